The van der Waals surface area contributed by atoms with Crippen LogP contribution in [0.5, 0.6) is 5.75 Å². The summed E-state index contributed by atoms with van der Waals surface area (Å²) < 4.78 is 14.1. The van der Waals surface area contributed by atoms with E-state index >= 15 is 0 Å². The summed E-state index contributed by atoms with van der Waals surface area (Å²) in [6.07, 6.45) is -0.328. The molecule has 6 heteroatoms. The molecule has 0 aliphatic carbocycles. The number of ketones is 1. The highest BCUT2D eigenvalue weighted by molar-refractivity contribution is 6.34. The minimum Gasteiger partial charge on any atom is -0.496 e. The Labute approximate surface area is 97.1 Å². The third kappa shape index (κ3) is 3.75. The zero-order chi connectivity index (χ0) is 12.8. The van der Waals surface area contributed by atoms with E-state index < -0.39 is 17.4 Å². The lowest BCUT2D eigenvalue weighted by molar-refractivity contribution is -0.153. The van der Waals surface area contributed by atoms with Gasteiger partial charge in [-0.25, -0.2) is 9.59 Å². The number of Topliss-reactive ketones (excluding diaryl/α,β-unsaturated/α-hetero) is 1. The molecule has 0 radical (unpaired) electrons. The van der Waals surface area contributed by atoms with Gasteiger partial charge in [0.15, 0.2) is 0 Å². The van der Waals surface area contributed by atoms with Gasteiger partial charge in [-0.3, -0.25) is 4.79 Å². The van der Waals surface area contributed by atoms with Gasteiger partial charge in [0.05, 0.1) is 26.2 Å². The third-order valence-corrected chi connectivity index (χ3v) is 1.87. The standard InChI is InChI=1S/C11H12O6/c1-3-16-11(14)9(12)5-8-4-7(15-2)6-10(13)17-8/h4,6H,3,5H2,1-2H3. The van der Waals surface area contributed by atoms with E-state index in [4.69, 9.17) is 9.15 Å². The van der Waals surface area contributed by atoms with E-state index in [1.807, 2.05) is 0 Å². The maximum Gasteiger partial charge on any atom is 0.375 e. The second-order valence-electron chi connectivity index (χ2n) is 3.10. The van der Waals surface area contributed by atoms with Crippen molar-refractivity contribution in [2.24, 2.45) is 0 Å². The molecule has 0 saturated heterocycles. The molecule has 0 spiro atoms. The van der Waals surface area contributed by atoms with Crippen LogP contribution >= 0.6 is 0 Å². The monoisotopic (exact) mass is 240 g/mol. The Morgan fingerprint density at radius 1 is 1.35 bits per heavy atom. The molecule has 1 aromatic heterocycles. The zero-order valence-electron chi connectivity index (χ0n) is 9.52. The summed E-state index contributed by atoms with van der Waals surface area (Å²) in [5.41, 5.74) is -0.643. The quantitative estimate of drug-likeness (QED) is 0.544. The summed E-state index contributed by atoms with van der Waals surface area (Å²) in [7, 11) is 1.38. The predicted octanol–water partition coefficient (Wildman–Crippen LogP) is 0.323. The van der Waals surface area contributed by atoms with Crippen LogP contribution in [0.1, 0.15) is 12.7 Å². The third-order valence-electron chi connectivity index (χ3n) is 1.87. The van der Waals surface area contributed by atoms with Gasteiger partial charge in [0.25, 0.3) is 0 Å². The van der Waals surface area contributed by atoms with Gasteiger partial charge in [-0.1, -0.05) is 0 Å². The highest BCUT2D eigenvalue weighted by atomic mass is 16.5. The van der Waals surface area contributed by atoms with Crippen molar-refractivity contribution in [1.82, 2.24) is 0 Å². The Kier molecular flexibility index (Phi) is 4.45. The number of hydrogen-bond acceptors (Lipinski definition) is 6. The topological polar surface area (TPSA) is 82.8 Å². The minimum atomic E-state index is -0.946. The first-order valence-corrected chi connectivity index (χ1v) is 4.94. The molecular weight excluding hydrogens is 228 g/mol. The number of ether oxygens (including phenoxy) is 2. The SMILES string of the molecule is CCOC(=O)C(=O)Cc1cc(OC)cc(=O)o1. The molecule has 0 aliphatic heterocycles. The number of hydrogen-bond donors (Lipinski definition) is 0. The molecule has 6 nitrogen and oxygen atoms in total. The van der Waals surface area contributed by atoms with E-state index in [0.29, 0.717) is 0 Å². The first-order valence-electron chi connectivity index (χ1n) is 4.94. The van der Waals surface area contributed by atoms with Crippen LogP contribution in [0.3, 0.4) is 0 Å². The molecule has 17 heavy (non-hydrogen) atoms. The van der Waals surface area contributed by atoms with Gasteiger partial charge in [-0.05, 0) is 6.92 Å². The molecule has 1 rings (SSSR count). The maximum atomic E-state index is 11.3. The van der Waals surface area contributed by atoms with Crippen molar-refractivity contribution in [3.8, 4) is 5.75 Å². The summed E-state index contributed by atoms with van der Waals surface area (Å²) in [6.45, 7) is 1.71. The second-order valence-corrected chi connectivity index (χ2v) is 3.10. The Balaban J connectivity index is 2.81. The van der Waals surface area contributed by atoms with Crippen LogP contribution in [0.4, 0.5) is 0 Å². The summed E-state index contributed by atoms with van der Waals surface area (Å²) in [6, 6.07) is 2.51. The van der Waals surface area contributed by atoms with Gasteiger partial charge >= 0.3 is 11.6 Å². The molecule has 0 aromatic carbocycles. The van der Waals surface area contributed by atoms with Crippen LogP contribution in [-0.2, 0) is 20.7 Å². The molecule has 0 N–H and O–H groups in total. The highest BCUT2D eigenvalue weighted by Crippen LogP contribution is 2.10. The highest BCUT2D eigenvalue weighted by Gasteiger charge is 2.17. The molecule has 1 heterocycles. The number of carbonyl (C=O) groups is 2. The fourth-order valence-corrected chi connectivity index (χ4v) is 1.15. The molecule has 0 unspecified atom stereocenters. The van der Waals surface area contributed by atoms with Crippen molar-refractivity contribution in [3.05, 3.63) is 28.3 Å². The Morgan fingerprint density at radius 3 is 2.65 bits per heavy atom. The molecule has 92 valence electrons. The van der Waals surface area contributed by atoms with Crippen molar-refractivity contribution >= 4 is 11.8 Å². The predicted molar refractivity (Wildman–Crippen MR) is 56.9 cm³/mol. The van der Waals surface area contributed by atoms with Gasteiger partial charge in [-0.15, -0.1) is 0 Å². The summed E-state index contributed by atoms with van der Waals surface area (Å²) in [5.74, 6) is -1.39. The summed E-state index contributed by atoms with van der Waals surface area (Å²) in [4.78, 5) is 33.5. The largest absolute Gasteiger partial charge is 0.496 e. The van der Waals surface area contributed by atoms with Gasteiger partial charge < -0.3 is 13.9 Å². The molecule has 0 bridgehead atoms. The van der Waals surface area contributed by atoms with Gasteiger partial charge in [-0.2, -0.15) is 0 Å². The fourth-order valence-electron chi connectivity index (χ4n) is 1.15. The van der Waals surface area contributed by atoms with E-state index in [-0.39, 0.29) is 24.5 Å². The van der Waals surface area contributed by atoms with Crippen LogP contribution in [0.15, 0.2) is 21.3 Å². The molecule has 0 aliphatic rings. The van der Waals surface area contributed by atoms with Gasteiger partial charge in [0.2, 0.25) is 5.78 Å². The van der Waals surface area contributed by atoms with Crippen LogP contribution in [-0.4, -0.2) is 25.5 Å². The van der Waals surface area contributed by atoms with Crippen molar-refractivity contribution in [1.29, 1.82) is 0 Å². The lowest BCUT2D eigenvalue weighted by atomic mass is 10.2. The molecule has 0 saturated carbocycles. The van der Waals surface area contributed by atoms with Crippen molar-refractivity contribution in [3.63, 3.8) is 0 Å². The Hall–Kier alpha value is -2.11. The lowest BCUT2D eigenvalue weighted by Crippen LogP contribution is -2.20. The number of rotatable bonds is 5. The van der Waals surface area contributed by atoms with E-state index in [9.17, 15) is 14.4 Å². The second kappa shape index (κ2) is 5.83. The Morgan fingerprint density at radius 2 is 2.06 bits per heavy atom. The molecule has 0 atom stereocenters. The number of esters is 1. The van der Waals surface area contributed by atoms with Crippen LogP contribution in [0, 0.1) is 0 Å². The first-order chi connectivity index (χ1) is 8.06. The molecular formula is C11H12O6. The van der Waals surface area contributed by atoms with Crippen LogP contribution in [0.25, 0.3) is 0 Å². The fraction of sp³-hybridized carbons (Fsp3) is 0.364. The lowest BCUT2D eigenvalue weighted by Gasteiger charge is -2.02. The van der Waals surface area contributed by atoms with E-state index in [1.165, 1.54) is 13.2 Å². The van der Waals surface area contributed by atoms with Crippen LogP contribution < -0.4 is 10.4 Å². The molecule has 1 aromatic rings. The van der Waals surface area contributed by atoms with Crippen molar-refractivity contribution in [2.75, 3.05) is 13.7 Å². The van der Waals surface area contributed by atoms with Crippen molar-refractivity contribution in [2.45, 2.75) is 13.3 Å². The number of carbonyl (C=O) groups excluding carboxylic acids is 2. The first kappa shape index (κ1) is 13.0. The van der Waals surface area contributed by atoms with E-state index in [0.717, 1.165) is 6.07 Å². The average Bonchev–Trinajstić information content (AvgIpc) is 2.28. The summed E-state index contributed by atoms with van der Waals surface area (Å²) in [5, 5.41) is 0. The smallest absolute Gasteiger partial charge is 0.375 e. The van der Waals surface area contributed by atoms with E-state index in [2.05, 4.69) is 4.74 Å². The zero-order valence-corrected chi connectivity index (χ0v) is 9.52. The average molecular weight is 240 g/mol. The van der Waals surface area contributed by atoms with Crippen LogP contribution in [0.2, 0.25) is 0 Å². The minimum absolute atomic E-state index is 0.0624. The van der Waals surface area contributed by atoms with Gasteiger partial charge in [0, 0.05) is 6.07 Å². The number of methoxy groups -OCH3 is 1. The Bertz CT molecular complexity index is 473. The van der Waals surface area contributed by atoms with Crippen molar-refractivity contribution < 1.29 is 23.5 Å². The normalized spacial score (nSPS) is 9.76. The molecule has 0 amide bonds. The maximum absolute atomic E-state index is 11.3. The molecule has 0 fully saturated rings. The van der Waals surface area contributed by atoms with E-state index in [1.54, 1.807) is 6.92 Å². The van der Waals surface area contributed by atoms with Gasteiger partial charge in [0.1, 0.15) is 11.5 Å². The summed E-state index contributed by atoms with van der Waals surface area (Å²) >= 11 is 0.